The fourth-order valence-corrected chi connectivity index (χ4v) is 3.62. The normalized spacial score (nSPS) is 13.3. The van der Waals surface area contributed by atoms with Crippen molar-refractivity contribution in [3.05, 3.63) is 81.6 Å². The molecular weight excluding hydrogens is 350 g/mol. The molecule has 2 aromatic carbocycles. The van der Waals surface area contributed by atoms with Crippen LogP contribution in [0.15, 0.2) is 59.4 Å². The van der Waals surface area contributed by atoms with Gasteiger partial charge in [-0.2, -0.15) is 5.10 Å². The van der Waals surface area contributed by atoms with Gasteiger partial charge in [-0.05, 0) is 61.6 Å². The third kappa shape index (κ3) is 3.48. The van der Waals surface area contributed by atoms with Crippen LogP contribution in [0.5, 0.6) is 0 Å². The second-order valence-electron chi connectivity index (χ2n) is 7.29. The summed E-state index contributed by atoms with van der Waals surface area (Å²) in [6, 6.07) is 17.2. The maximum atomic E-state index is 13.0. The molecule has 2 heterocycles. The van der Waals surface area contributed by atoms with Gasteiger partial charge in [-0.15, -0.1) is 0 Å². The second-order valence-corrected chi connectivity index (χ2v) is 7.29. The highest BCUT2D eigenvalue weighted by atomic mass is 16.2. The van der Waals surface area contributed by atoms with Crippen molar-refractivity contribution in [1.29, 1.82) is 0 Å². The van der Waals surface area contributed by atoms with Crippen LogP contribution in [0.1, 0.15) is 23.1 Å². The number of fused-ring (bicyclic) bond motifs is 1. The van der Waals surface area contributed by atoms with Gasteiger partial charge in [0.05, 0.1) is 5.69 Å². The summed E-state index contributed by atoms with van der Waals surface area (Å²) in [5, 5.41) is 4.46. The molecule has 0 bridgehead atoms. The van der Waals surface area contributed by atoms with E-state index in [0.717, 1.165) is 29.7 Å². The summed E-state index contributed by atoms with van der Waals surface area (Å²) in [5.74, 6) is -0.112. The van der Waals surface area contributed by atoms with E-state index in [1.165, 1.54) is 21.9 Å². The van der Waals surface area contributed by atoms with Gasteiger partial charge in [-0.3, -0.25) is 9.59 Å². The van der Waals surface area contributed by atoms with Gasteiger partial charge in [0.25, 0.3) is 5.56 Å². The van der Waals surface area contributed by atoms with Gasteiger partial charge >= 0.3 is 0 Å². The van der Waals surface area contributed by atoms with Crippen LogP contribution in [0, 0.1) is 13.8 Å². The monoisotopic (exact) mass is 373 g/mol. The number of anilines is 1. The van der Waals surface area contributed by atoms with Crippen molar-refractivity contribution in [2.45, 2.75) is 33.2 Å². The van der Waals surface area contributed by atoms with Crippen molar-refractivity contribution in [2.75, 3.05) is 11.4 Å². The average Bonchev–Trinajstić information content (AvgIpc) is 2.71. The lowest BCUT2D eigenvalue weighted by Gasteiger charge is -2.29. The molecule has 0 N–H and O–H groups in total. The smallest absolute Gasteiger partial charge is 0.267 e. The number of carbonyl (C=O) groups is 1. The number of hydrogen-bond donors (Lipinski definition) is 0. The Labute approximate surface area is 164 Å². The van der Waals surface area contributed by atoms with Crippen molar-refractivity contribution < 1.29 is 4.79 Å². The lowest BCUT2D eigenvalue weighted by atomic mass is 10.0. The average molecular weight is 373 g/mol. The molecule has 0 radical (unpaired) electrons. The maximum Gasteiger partial charge on any atom is 0.267 e. The summed E-state index contributed by atoms with van der Waals surface area (Å²) < 4.78 is 1.27. The fourth-order valence-electron chi connectivity index (χ4n) is 3.62. The van der Waals surface area contributed by atoms with E-state index in [-0.39, 0.29) is 18.0 Å². The first-order valence-corrected chi connectivity index (χ1v) is 9.57. The number of amides is 1. The molecule has 1 aliphatic heterocycles. The van der Waals surface area contributed by atoms with Crippen molar-refractivity contribution in [2.24, 2.45) is 0 Å². The Kier molecular flexibility index (Phi) is 4.82. The number of rotatable bonds is 3. The third-order valence-electron chi connectivity index (χ3n) is 5.37. The molecule has 4 rings (SSSR count). The molecule has 0 saturated carbocycles. The Hall–Kier alpha value is -3.21. The lowest BCUT2D eigenvalue weighted by Crippen LogP contribution is -2.40. The molecular formula is C23H23N3O2. The van der Waals surface area contributed by atoms with E-state index in [1.54, 1.807) is 11.0 Å². The lowest BCUT2D eigenvalue weighted by molar-refractivity contribution is -0.119. The van der Waals surface area contributed by atoms with Gasteiger partial charge in [0.15, 0.2) is 0 Å². The molecule has 0 saturated heterocycles. The van der Waals surface area contributed by atoms with Crippen LogP contribution in [-0.4, -0.2) is 22.2 Å². The Morgan fingerprint density at radius 3 is 2.68 bits per heavy atom. The number of nitrogens with zero attached hydrogens (tertiary/aromatic N) is 3. The zero-order valence-electron chi connectivity index (χ0n) is 16.2. The van der Waals surface area contributed by atoms with Crippen LogP contribution in [0.3, 0.4) is 0 Å². The Bertz CT molecular complexity index is 1100. The summed E-state index contributed by atoms with van der Waals surface area (Å²) in [6.07, 6.45) is 1.90. The molecule has 142 valence electrons. The van der Waals surface area contributed by atoms with E-state index in [1.807, 2.05) is 37.3 Å². The fraction of sp³-hybridized carbons (Fsp3) is 0.261. The van der Waals surface area contributed by atoms with Gasteiger partial charge in [0.2, 0.25) is 5.91 Å². The van der Waals surface area contributed by atoms with E-state index in [4.69, 9.17) is 0 Å². The SMILES string of the molecule is Cc1ccc(-c2ccc(=O)n(CC(=O)N3CCCc4ccccc43)n2)cc1C. The molecule has 5 nitrogen and oxygen atoms in total. The first kappa shape index (κ1) is 18.2. The molecule has 5 heteroatoms. The van der Waals surface area contributed by atoms with E-state index in [2.05, 4.69) is 24.2 Å². The molecule has 1 aliphatic rings. The van der Waals surface area contributed by atoms with Gasteiger partial charge in [-0.1, -0.05) is 30.3 Å². The van der Waals surface area contributed by atoms with Crippen LogP contribution in [0.25, 0.3) is 11.3 Å². The second kappa shape index (κ2) is 7.43. The highest BCUT2D eigenvalue weighted by Crippen LogP contribution is 2.27. The number of para-hydroxylation sites is 1. The van der Waals surface area contributed by atoms with E-state index < -0.39 is 0 Å². The van der Waals surface area contributed by atoms with Gasteiger partial charge in [-0.25, -0.2) is 4.68 Å². The van der Waals surface area contributed by atoms with Crippen LogP contribution in [0.2, 0.25) is 0 Å². The number of benzene rings is 2. The van der Waals surface area contributed by atoms with Crippen LogP contribution >= 0.6 is 0 Å². The maximum absolute atomic E-state index is 13.0. The summed E-state index contributed by atoms with van der Waals surface area (Å²) >= 11 is 0. The minimum atomic E-state index is -0.272. The van der Waals surface area contributed by atoms with E-state index in [9.17, 15) is 9.59 Å². The van der Waals surface area contributed by atoms with Crippen molar-refractivity contribution >= 4 is 11.6 Å². The number of aromatic nitrogens is 2. The molecule has 0 atom stereocenters. The van der Waals surface area contributed by atoms with Crippen LogP contribution in [0.4, 0.5) is 5.69 Å². The predicted molar refractivity (Wildman–Crippen MR) is 111 cm³/mol. The zero-order valence-corrected chi connectivity index (χ0v) is 16.2. The van der Waals surface area contributed by atoms with Gasteiger partial charge < -0.3 is 4.90 Å². The Morgan fingerprint density at radius 2 is 1.86 bits per heavy atom. The highest BCUT2D eigenvalue weighted by molar-refractivity contribution is 5.94. The summed E-state index contributed by atoms with van der Waals surface area (Å²) in [4.78, 5) is 27.0. The van der Waals surface area contributed by atoms with Crippen LogP contribution in [-0.2, 0) is 17.8 Å². The molecule has 0 fully saturated rings. The minimum Gasteiger partial charge on any atom is -0.311 e. The summed E-state index contributed by atoms with van der Waals surface area (Å²) in [5.41, 5.74) is 5.84. The van der Waals surface area contributed by atoms with Crippen molar-refractivity contribution in [3.63, 3.8) is 0 Å². The predicted octanol–water partition coefficient (Wildman–Crippen LogP) is 3.51. The Balaban J connectivity index is 1.63. The number of aryl methyl sites for hydroxylation is 3. The van der Waals surface area contributed by atoms with Crippen molar-refractivity contribution in [1.82, 2.24) is 9.78 Å². The summed E-state index contributed by atoms with van der Waals surface area (Å²) in [6.45, 7) is 4.71. The molecule has 1 aromatic heterocycles. The first-order chi connectivity index (χ1) is 13.5. The standard InChI is InChI=1S/C23H23N3O2/c1-16-9-10-19(14-17(16)2)20-11-12-22(27)26(24-20)15-23(28)25-13-5-7-18-6-3-4-8-21(18)25/h3-4,6,8-12,14H,5,7,13,15H2,1-2H3. The third-order valence-corrected chi connectivity index (χ3v) is 5.37. The Morgan fingerprint density at radius 1 is 1.04 bits per heavy atom. The zero-order chi connectivity index (χ0) is 19.7. The van der Waals surface area contributed by atoms with Gasteiger partial charge in [0.1, 0.15) is 6.54 Å². The number of hydrogen-bond acceptors (Lipinski definition) is 3. The highest BCUT2D eigenvalue weighted by Gasteiger charge is 2.22. The van der Waals surface area contributed by atoms with Gasteiger partial charge in [0, 0.05) is 23.9 Å². The molecule has 0 aliphatic carbocycles. The van der Waals surface area contributed by atoms with Crippen molar-refractivity contribution in [3.8, 4) is 11.3 Å². The first-order valence-electron chi connectivity index (χ1n) is 9.57. The van der Waals surface area contributed by atoms with Crippen LogP contribution < -0.4 is 10.5 Å². The van der Waals surface area contributed by atoms with E-state index in [0.29, 0.717) is 12.2 Å². The molecule has 1 amide bonds. The molecule has 28 heavy (non-hydrogen) atoms. The topological polar surface area (TPSA) is 55.2 Å². The summed E-state index contributed by atoms with van der Waals surface area (Å²) in [7, 11) is 0. The largest absolute Gasteiger partial charge is 0.311 e. The minimum absolute atomic E-state index is 0.0636. The molecule has 0 unspecified atom stereocenters. The molecule has 0 spiro atoms. The van der Waals surface area contributed by atoms with E-state index >= 15 is 0 Å². The molecule has 3 aromatic rings. The number of carbonyl (C=O) groups excluding carboxylic acids is 1. The quantitative estimate of drug-likeness (QED) is 0.706.